The van der Waals surface area contributed by atoms with Crippen molar-refractivity contribution in [3.8, 4) is 0 Å². The first-order valence-corrected chi connectivity index (χ1v) is 10.9. The first-order valence-electron chi connectivity index (χ1n) is 8.99. The molecular weight excluding hydrogens is 537 g/mol. The van der Waals surface area contributed by atoms with Crippen LogP contribution in [0.15, 0.2) is 40.9 Å². The summed E-state index contributed by atoms with van der Waals surface area (Å²) in [4.78, 5) is 14.7. The van der Waals surface area contributed by atoms with Crippen LogP contribution in [0.5, 0.6) is 0 Å². The van der Waals surface area contributed by atoms with Crippen LogP contribution in [0, 0.1) is 10.5 Å². The molecule has 0 atom stereocenters. The van der Waals surface area contributed by atoms with E-state index < -0.39 is 0 Å². The lowest BCUT2D eigenvalue weighted by atomic mass is 10.1. The molecule has 0 aromatic heterocycles. The van der Waals surface area contributed by atoms with Crippen molar-refractivity contribution in [2.75, 3.05) is 44.7 Å². The van der Waals surface area contributed by atoms with Crippen LogP contribution in [0.25, 0.3) is 0 Å². The number of anilines is 2. The molecule has 0 fully saturated rings. The molecule has 6 nitrogen and oxygen atoms in total. The second-order valence-electron chi connectivity index (χ2n) is 6.32. The monoisotopic (exact) mass is 561 g/mol. The second kappa shape index (κ2) is 11.7. The Labute approximate surface area is 187 Å². The van der Waals surface area contributed by atoms with Crippen molar-refractivity contribution in [1.82, 2.24) is 10.2 Å². The Morgan fingerprint density at radius 2 is 1.75 bits per heavy atom. The van der Waals surface area contributed by atoms with Crippen LogP contribution in [0.4, 0.5) is 11.4 Å². The summed E-state index contributed by atoms with van der Waals surface area (Å²) >= 11 is 5.71. The summed E-state index contributed by atoms with van der Waals surface area (Å²) in [5, 5.41) is 24.4. The van der Waals surface area contributed by atoms with E-state index in [1.54, 1.807) is 6.07 Å². The average Bonchev–Trinajstić information content (AvgIpc) is 2.65. The summed E-state index contributed by atoms with van der Waals surface area (Å²) in [7, 11) is 0. The van der Waals surface area contributed by atoms with E-state index in [0.717, 1.165) is 25.0 Å². The number of aliphatic hydroxyl groups is 2. The highest BCUT2D eigenvalue weighted by molar-refractivity contribution is 14.1. The topological polar surface area (TPSA) is 84.8 Å². The van der Waals surface area contributed by atoms with Gasteiger partial charge in [0.25, 0.3) is 5.91 Å². The molecule has 0 spiro atoms. The fraction of sp³-hybridized carbons (Fsp3) is 0.350. The molecule has 0 bridgehead atoms. The Kier molecular flexibility index (Phi) is 9.66. The van der Waals surface area contributed by atoms with E-state index in [4.69, 9.17) is 10.2 Å². The molecule has 0 saturated carbocycles. The van der Waals surface area contributed by atoms with Gasteiger partial charge in [-0.05, 0) is 71.5 Å². The van der Waals surface area contributed by atoms with Crippen LogP contribution in [-0.2, 0) is 0 Å². The van der Waals surface area contributed by atoms with Crippen molar-refractivity contribution in [3.63, 3.8) is 0 Å². The molecule has 1 amide bonds. The molecule has 152 valence electrons. The minimum atomic E-state index is -0.181. The molecule has 8 heteroatoms. The summed E-state index contributed by atoms with van der Waals surface area (Å²) in [5.74, 6) is -0.181. The zero-order chi connectivity index (χ0) is 20.5. The molecule has 4 N–H and O–H groups in total. The molecule has 0 heterocycles. The molecule has 2 aromatic carbocycles. The van der Waals surface area contributed by atoms with E-state index in [-0.39, 0.29) is 19.1 Å². The lowest BCUT2D eigenvalue weighted by Gasteiger charge is -2.20. The normalized spacial score (nSPS) is 10.9. The number of nitrogens with zero attached hydrogens (tertiary/aromatic N) is 1. The number of rotatable bonds is 10. The minimum Gasteiger partial charge on any atom is -0.395 e. The fourth-order valence-electron chi connectivity index (χ4n) is 2.77. The molecule has 0 aliphatic rings. The molecule has 0 radical (unpaired) electrons. The van der Waals surface area contributed by atoms with Crippen molar-refractivity contribution >= 4 is 55.8 Å². The van der Waals surface area contributed by atoms with Crippen molar-refractivity contribution < 1.29 is 15.0 Å². The maximum absolute atomic E-state index is 12.8. The van der Waals surface area contributed by atoms with Gasteiger partial charge in [-0.25, -0.2) is 0 Å². The van der Waals surface area contributed by atoms with E-state index in [2.05, 4.69) is 55.2 Å². The van der Waals surface area contributed by atoms with Gasteiger partial charge in [-0.2, -0.15) is 0 Å². The lowest BCUT2D eigenvalue weighted by molar-refractivity contribution is 0.0945. The Balaban J connectivity index is 2.09. The first kappa shape index (κ1) is 23.1. The number of amides is 1. The molecule has 0 aliphatic carbocycles. The number of nitrogens with one attached hydrogen (secondary N) is 2. The average molecular weight is 562 g/mol. The molecule has 28 heavy (non-hydrogen) atoms. The zero-order valence-electron chi connectivity index (χ0n) is 15.7. The second-order valence-corrected chi connectivity index (χ2v) is 8.48. The third kappa shape index (κ3) is 7.00. The molecule has 2 rings (SSSR count). The number of benzene rings is 2. The largest absolute Gasteiger partial charge is 0.395 e. The van der Waals surface area contributed by atoms with Crippen LogP contribution in [0.2, 0.25) is 0 Å². The van der Waals surface area contributed by atoms with Gasteiger partial charge in [0.05, 0.1) is 24.5 Å². The number of hydrogen-bond acceptors (Lipinski definition) is 5. The zero-order valence-corrected chi connectivity index (χ0v) is 19.5. The molecule has 0 unspecified atom stereocenters. The van der Waals surface area contributed by atoms with Gasteiger partial charge in [0, 0.05) is 39.9 Å². The van der Waals surface area contributed by atoms with Crippen molar-refractivity contribution in [3.05, 3.63) is 55.6 Å². The fourth-order valence-corrected chi connectivity index (χ4v) is 3.77. The predicted molar refractivity (Wildman–Crippen MR) is 124 cm³/mol. The van der Waals surface area contributed by atoms with E-state index in [1.165, 1.54) is 0 Å². The molecule has 2 aromatic rings. The smallest absolute Gasteiger partial charge is 0.253 e. The molecular formula is C20H25BrIN3O3. The van der Waals surface area contributed by atoms with E-state index in [0.29, 0.717) is 31.7 Å². The standard InChI is InChI=1S/C20H25BrIN3O3/c1-14-12-16(22)3-5-18(14)24-19-4-2-15(21)13-17(19)20(28)23-6-7-25(8-10-26)9-11-27/h2-5,12-13,24,26-27H,6-11H2,1H3,(H,23,28). The summed E-state index contributed by atoms with van der Waals surface area (Å²) in [6.45, 7) is 3.97. The van der Waals surface area contributed by atoms with Gasteiger partial charge in [-0.3, -0.25) is 9.69 Å². The Morgan fingerprint density at radius 3 is 2.39 bits per heavy atom. The summed E-state index contributed by atoms with van der Waals surface area (Å²) in [5.41, 5.74) is 3.33. The van der Waals surface area contributed by atoms with Crippen LogP contribution in [0.3, 0.4) is 0 Å². The highest BCUT2D eigenvalue weighted by Crippen LogP contribution is 2.27. The Bertz CT molecular complexity index is 798. The van der Waals surface area contributed by atoms with Crippen molar-refractivity contribution in [2.24, 2.45) is 0 Å². The van der Waals surface area contributed by atoms with E-state index >= 15 is 0 Å². The van der Waals surface area contributed by atoms with Gasteiger partial charge in [-0.15, -0.1) is 0 Å². The lowest BCUT2D eigenvalue weighted by Crippen LogP contribution is -2.38. The molecule has 0 aliphatic heterocycles. The number of aliphatic hydroxyl groups excluding tert-OH is 2. The first-order chi connectivity index (χ1) is 13.4. The highest BCUT2D eigenvalue weighted by Gasteiger charge is 2.14. The maximum atomic E-state index is 12.8. The van der Waals surface area contributed by atoms with Gasteiger partial charge in [0.2, 0.25) is 0 Å². The van der Waals surface area contributed by atoms with Gasteiger partial charge in [0.15, 0.2) is 0 Å². The van der Waals surface area contributed by atoms with Crippen LogP contribution in [-0.4, -0.2) is 60.4 Å². The minimum absolute atomic E-state index is 0.0169. The quantitative estimate of drug-likeness (QED) is 0.335. The van der Waals surface area contributed by atoms with Gasteiger partial charge < -0.3 is 20.8 Å². The van der Waals surface area contributed by atoms with Gasteiger partial charge in [0.1, 0.15) is 0 Å². The number of aryl methyl sites for hydroxylation is 1. The van der Waals surface area contributed by atoms with E-state index in [9.17, 15) is 4.79 Å². The summed E-state index contributed by atoms with van der Waals surface area (Å²) in [6.07, 6.45) is 0. The van der Waals surface area contributed by atoms with Crippen LogP contribution < -0.4 is 10.6 Å². The predicted octanol–water partition coefficient (Wildman–Crippen LogP) is 3.12. The molecule has 0 saturated heterocycles. The third-order valence-electron chi connectivity index (χ3n) is 4.23. The SMILES string of the molecule is Cc1cc(I)ccc1Nc1ccc(Br)cc1C(=O)NCCN(CCO)CCO. The van der Waals surface area contributed by atoms with E-state index in [1.807, 2.05) is 36.1 Å². The summed E-state index contributed by atoms with van der Waals surface area (Å²) < 4.78 is 1.98. The summed E-state index contributed by atoms with van der Waals surface area (Å²) in [6, 6.07) is 11.7. The van der Waals surface area contributed by atoms with Crippen molar-refractivity contribution in [1.29, 1.82) is 0 Å². The third-order valence-corrected chi connectivity index (χ3v) is 5.39. The number of hydrogen-bond donors (Lipinski definition) is 4. The number of carbonyl (C=O) groups excluding carboxylic acids is 1. The number of halogens is 2. The van der Waals surface area contributed by atoms with Gasteiger partial charge in [-0.1, -0.05) is 15.9 Å². The van der Waals surface area contributed by atoms with Crippen molar-refractivity contribution in [2.45, 2.75) is 6.92 Å². The van der Waals surface area contributed by atoms with Crippen LogP contribution >= 0.6 is 38.5 Å². The number of carbonyl (C=O) groups is 1. The Hall–Kier alpha value is -1.20. The van der Waals surface area contributed by atoms with Crippen LogP contribution in [0.1, 0.15) is 15.9 Å². The maximum Gasteiger partial charge on any atom is 0.253 e. The highest BCUT2D eigenvalue weighted by atomic mass is 127. The Morgan fingerprint density at radius 1 is 1.07 bits per heavy atom. The van der Waals surface area contributed by atoms with Gasteiger partial charge >= 0.3 is 0 Å².